The normalized spacial score (nSPS) is 14.1. The smallest absolute Gasteiger partial charge is 0.462 e. The molecule has 0 aliphatic rings. The van der Waals surface area contributed by atoms with Crippen LogP contribution in [-0.4, -0.2) is 74.9 Å². The van der Waals surface area contributed by atoms with E-state index in [4.69, 9.17) is 18.5 Å². The largest absolute Gasteiger partial charge is 0.472 e. The molecule has 0 aliphatic heterocycles. The molecule has 0 amide bonds. The molecule has 10 heteroatoms. The van der Waals surface area contributed by atoms with Gasteiger partial charge in [0.05, 0.1) is 27.7 Å². The first-order valence-electron chi connectivity index (χ1n) is 21.9. The van der Waals surface area contributed by atoms with Crippen molar-refractivity contribution in [3.8, 4) is 0 Å². The number of allylic oxidation sites excluding steroid dienone is 8. The maximum atomic E-state index is 12.7. The van der Waals surface area contributed by atoms with Gasteiger partial charge in [-0.3, -0.25) is 18.6 Å². The zero-order valence-corrected chi connectivity index (χ0v) is 36.8. The Kier molecular flexibility index (Phi) is 36.2. The first-order chi connectivity index (χ1) is 26.5. The van der Waals surface area contributed by atoms with Crippen LogP contribution in [-0.2, 0) is 32.7 Å². The molecule has 0 radical (unpaired) electrons. The van der Waals surface area contributed by atoms with E-state index in [0.717, 1.165) is 44.9 Å². The Morgan fingerprint density at radius 3 is 1.51 bits per heavy atom. The van der Waals surface area contributed by atoms with E-state index in [1.165, 1.54) is 96.3 Å². The second-order valence-electron chi connectivity index (χ2n) is 15.7. The monoisotopic (exact) mass is 797 g/mol. The SMILES string of the molecule is CCCCC/C=C\C/C=C\C/C=C\C/C=C\CCCC(=O)O[C@H](COC(=O)CCCCCCCCCCCCCCCC)COP(=O)(O)OCC[N+](C)(C)C. The van der Waals surface area contributed by atoms with Gasteiger partial charge in [-0.2, -0.15) is 0 Å². The average Bonchev–Trinajstić information content (AvgIpc) is 3.13. The molecule has 0 rings (SSSR count). The number of hydrogen-bond donors (Lipinski definition) is 1. The van der Waals surface area contributed by atoms with E-state index in [2.05, 4.69) is 56.4 Å². The van der Waals surface area contributed by atoms with Gasteiger partial charge >= 0.3 is 19.8 Å². The Bertz CT molecular complexity index is 1080. The predicted octanol–water partition coefficient (Wildman–Crippen LogP) is 12.3. The lowest BCUT2D eigenvalue weighted by Crippen LogP contribution is -2.37. The molecule has 0 aromatic carbocycles. The van der Waals surface area contributed by atoms with Crippen molar-refractivity contribution in [1.29, 1.82) is 0 Å². The molecule has 0 aromatic rings. The van der Waals surface area contributed by atoms with Gasteiger partial charge < -0.3 is 18.9 Å². The van der Waals surface area contributed by atoms with E-state index in [-0.39, 0.29) is 32.0 Å². The minimum absolute atomic E-state index is 0.0212. The summed E-state index contributed by atoms with van der Waals surface area (Å²) in [6, 6.07) is 0. The third kappa shape index (κ3) is 41.4. The maximum Gasteiger partial charge on any atom is 0.472 e. The van der Waals surface area contributed by atoms with E-state index < -0.39 is 26.5 Å². The summed E-state index contributed by atoms with van der Waals surface area (Å²) in [5.41, 5.74) is 0. The number of unbranched alkanes of at least 4 members (excludes halogenated alkanes) is 17. The molecule has 0 bridgehead atoms. The van der Waals surface area contributed by atoms with E-state index in [9.17, 15) is 19.0 Å². The molecule has 1 unspecified atom stereocenters. The lowest BCUT2D eigenvalue weighted by atomic mass is 10.0. The second kappa shape index (κ2) is 37.5. The highest BCUT2D eigenvalue weighted by molar-refractivity contribution is 7.47. The Balaban J connectivity index is 4.47. The molecule has 0 aromatic heterocycles. The average molecular weight is 797 g/mol. The molecule has 320 valence electrons. The summed E-state index contributed by atoms with van der Waals surface area (Å²) in [7, 11) is 1.44. The van der Waals surface area contributed by atoms with Crippen LogP contribution in [0.25, 0.3) is 0 Å². The lowest BCUT2D eigenvalue weighted by molar-refractivity contribution is -0.870. The number of carbonyl (C=O) groups is 2. The summed E-state index contributed by atoms with van der Waals surface area (Å²) in [6.45, 7) is 4.33. The molecular formula is C45H83NO8P+. The topological polar surface area (TPSA) is 108 Å². The fraction of sp³-hybridized carbons (Fsp3) is 0.778. The number of quaternary nitrogens is 1. The molecule has 0 fully saturated rings. The van der Waals surface area contributed by atoms with Crippen molar-refractivity contribution >= 4 is 19.8 Å². The summed E-state index contributed by atoms with van der Waals surface area (Å²) in [5, 5.41) is 0. The highest BCUT2D eigenvalue weighted by atomic mass is 31.2. The molecule has 0 saturated carbocycles. The third-order valence-electron chi connectivity index (χ3n) is 9.11. The predicted molar refractivity (Wildman–Crippen MR) is 229 cm³/mol. The van der Waals surface area contributed by atoms with Crippen molar-refractivity contribution in [1.82, 2.24) is 0 Å². The zero-order valence-electron chi connectivity index (χ0n) is 35.9. The van der Waals surface area contributed by atoms with Crippen molar-refractivity contribution < 1.29 is 42.1 Å². The quantitative estimate of drug-likeness (QED) is 0.0215. The maximum absolute atomic E-state index is 12.7. The van der Waals surface area contributed by atoms with Crippen molar-refractivity contribution in [3.05, 3.63) is 48.6 Å². The fourth-order valence-corrected chi connectivity index (χ4v) is 6.39. The number of carbonyl (C=O) groups excluding carboxylic acids is 2. The van der Waals surface area contributed by atoms with E-state index in [1.807, 2.05) is 27.2 Å². The highest BCUT2D eigenvalue weighted by Crippen LogP contribution is 2.43. The molecule has 0 saturated heterocycles. The fourth-order valence-electron chi connectivity index (χ4n) is 5.65. The third-order valence-corrected chi connectivity index (χ3v) is 10.1. The first-order valence-corrected chi connectivity index (χ1v) is 23.4. The van der Waals surface area contributed by atoms with Crippen molar-refractivity contribution in [3.63, 3.8) is 0 Å². The number of nitrogens with zero attached hydrogens (tertiary/aromatic N) is 1. The zero-order chi connectivity index (χ0) is 40.7. The van der Waals surface area contributed by atoms with E-state index in [0.29, 0.717) is 17.4 Å². The van der Waals surface area contributed by atoms with Crippen LogP contribution in [0.15, 0.2) is 48.6 Å². The molecule has 9 nitrogen and oxygen atoms in total. The Morgan fingerprint density at radius 2 is 1.00 bits per heavy atom. The van der Waals surface area contributed by atoms with Crippen molar-refractivity contribution in [2.75, 3.05) is 47.5 Å². The number of esters is 2. The van der Waals surface area contributed by atoms with Crippen LogP contribution >= 0.6 is 7.82 Å². The number of likely N-dealkylation sites (N-methyl/N-ethyl adjacent to an activating group) is 1. The van der Waals surface area contributed by atoms with Crippen LogP contribution in [0.3, 0.4) is 0 Å². The minimum Gasteiger partial charge on any atom is -0.462 e. The number of phosphoric ester groups is 1. The van der Waals surface area contributed by atoms with Gasteiger partial charge in [0.25, 0.3) is 0 Å². The van der Waals surface area contributed by atoms with Crippen molar-refractivity contribution in [2.24, 2.45) is 0 Å². The van der Waals surface area contributed by atoms with Crippen LogP contribution in [0, 0.1) is 0 Å². The second-order valence-corrected chi connectivity index (χ2v) is 17.2. The van der Waals surface area contributed by atoms with Gasteiger partial charge in [0.2, 0.25) is 0 Å². The van der Waals surface area contributed by atoms with E-state index >= 15 is 0 Å². The summed E-state index contributed by atoms with van der Waals surface area (Å²) in [6.07, 6.45) is 43.0. The van der Waals surface area contributed by atoms with Crippen LogP contribution in [0.2, 0.25) is 0 Å². The Labute approximate surface area is 337 Å². The Morgan fingerprint density at radius 1 is 0.564 bits per heavy atom. The van der Waals surface area contributed by atoms with Crippen LogP contribution in [0.4, 0.5) is 0 Å². The van der Waals surface area contributed by atoms with Crippen LogP contribution in [0.5, 0.6) is 0 Å². The van der Waals surface area contributed by atoms with Crippen LogP contribution < -0.4 is 0 Å². The number of hydrogen-bond acceptors (Lipinski definition) is 7. The van der Waals surface area contributed by atoms with Gasteiger partial charge in [0, 0.05) is 12.8 Å². The first kappa shape index (κ1) is 53.0. The lowest BCUT2D eigenvalue weighted by Gasteiger charge is -2.24. The Hall–Kier alpha value is -2.03. The van der Waals surface area contributed by atoms with Gasteiger partial charge in [-0.1, -0.05) is 159 Å². The van der Waals surface area contributed by atoms with Crippen molar-refractivity contribution in [2.45, 2.75) is 180 Å². The van der Waals surface area contributed by atoms with Gasteiger partial charge in [0.15, 0.2) is 6.10 Å². The summed E-state index contributed by atoms with van der Waals surface area (Å²) >= 11 is 0. The molecule has 0 aliphatic carbocycles. The summed E-state index contributed by atoms with van der Waals surface area (Å²) in [4.78, 5) is 35.3. The highest BCUT2D eigenvalue weighted by Gasteiger charge is 2.27. The number of phosphoric acid groups is 1. The summed E-state index contributed by atoms with van der Waals surface area (Å²) in [5.74, 6) is -0.863. The summed E-state index contributed by atoms with van der Waals surface area (Å²) < 4.78 is 34.2. The molecule has 0 spiro atoms. The standard InChI is InChI=1S/C45H82NO8P/c1-6-8-10-12-14-16-18-20-22-23-24-26-28-30-32-34-36-38-45(48)54-43(42-53-55(49,50)52-40-39-46(3,4)5)41-51-44(47)37-35-33-31-29-27-25-21-19-17-15-13-11-9-7-2/h14,16,20,22,24,26,30,32,43H,6-13,15,17-19,21,23,25,27-29,31,33-42H2,1-5H3/p+1/b16-14-,22-20-,26-24-,32-30-/t43-/m1/s1. The van der Waals surface area contributed by atoms with Gasteiger partial charge in [-0.05, 0) is 51.4 Å². The van der Waals surface area contributed by atoms with E-state index in [1.54, 1.807) is 0 Å². The minimum atomic E-state index is -4.39. The van der Waals surface area contributed by atoms with Crippen LogP contribution in [0.1, 0.15) is 174 Å². The molecule has 1 N–H and O–H groups in total. The van der Waals surface area contributed by atoms with Gasteiger partial charge in [-0.25, -0.2) is 4.57 Å². The molecular weight excluding hydrogens is 713 g/mol. The number of rotatable bonds is 39. The van der Waals surface area contributed by atoms with Gasteiger partial charge in [-0.15, -0.1) is 0 Å². The van der Waals surface area contributed by atoms with Gasteiger partial charge in [0.1, 0.15) is 19.8 Å². The molecule has 55 heavy (non-hydrogen) atoms. The number of ether oxygens (including phenoxy) is 2. The molecule has 0 heterocycles. The molecule has 2 atom stereocenters.